The van der Waals surface area contributed by atoms with Crippen molar-refractivity contribution in [3.05, 3.63) is 12.7 Å². The Morgan fingerprint density at radius 3 is 2.03 bits per heavy atom. The monoisotopic (exact) mass is 450 g/mol. The number of alkyl carbamates (subject to hydrolysis) is 1. The zero-order chi connectivity index (χ0) is 23.4. The van der Waals surface area contributed by atoms with Crippen LogP contribution in [0.1, 0.15) is 117 Å². The number of unbranched alkanes of at least 4 members (excludes halogenated alkanes) is 3. The fourth-order valence-electron chi connectivity index (χ4n) is 4.80. The first-order valence-corrected chi connectivity index (χ1v) is 12.9. The van der Waals surface area contributed by atoms with E-state index in [4.69, 9.17) is 9.57 Å². The molecule has 1 N–H and O–H groups in total. The average molecular weight is 451 g/mol. The van der Waals surface area contributed by atoms with Gasteiger partial charge in [-0.05, 0) is 65.7 Å². The maximum atomic E-state index is 13.3. The Labute approximate surface area is 195 Å². The highest BCUT2D eigenvalue weighted by Gasteiger charge is 2.34. The lowest BCUT2D eigenvalue weighted by Gasteiger charge is -2.40. The molecule has 2 rings (SSSR count). The first-order valence-electron chi connectivity index (χ1n) is 12.9. The minimum absolute atomic E-state index is 0.297. The minimum atomic E-state index is -0.691. The first kappa shape index (κ1) is 26.7. The second kappa shape index (κ2) is 13.9. The molecule has 0 saturated heterocycles. The van der Waals surface area contributed by atoms with Crippen molar-refractivity contribution in [2.24, 2.45) is 0 Å². The van der Waals surface area contributed by atoms with Gasteiger partial charge < -0.3 is 14.9 Å². The zero-order valence-electron chi connectivity index (χ0n) is 20.7. The van der Waals surface area contributed by atoms with Crippen LogP contribution in [0.25, 0.3) is 0 Å². The van der Waals surface area contributed by atoms with Crippen LogP contribution in [0, 0.1) is 0 Å². The summed E-state index contributed by atoms with van der Waals surface area (Å²) < 4.78 is 5.42. The lowest BCUT2D eigenvalue weighted by Crippen LogP contribution is -2.51. The van der Waals surface area contributed by atoms with E-state index in [1.807, 2.05) is 31.9 Å². The molecule has 6 heteroatoms. The molecule has 0 spiro atoms. The Balaban J connectivity index is 2.04. The number of nitrogens with one attached hydrogen (secondary N) is 1. The predicted octanol–water partition coefficient (Wildman–Crippen LogP) is 6.44. The summed E-state index contributed by atoms with van der Waals surface area (Å²) >= 11 is 0. The molecule has 2 saturated carbocycles. The van der Waals surface area contributed by atoms with Crippen LogP contribution in [-0.2, 0) is 14.4 Å². The van der Waals surface area contributed by atoms with Crippen LogP contribution in [0.3, 0.4) is 0 Å². The summed E-state index contributed by atoms with van der Waals surface area (Å²) in [6, 6.07) is -0.0978. The van der Waals surface area contributed by atoms with E-state index in [1.165, 1.54) is 38.5 Å². The molecule has 1 atom stereocenters. The second-order valence-corrected chi connectivity index (χ2v) is 10.5. The third-order valence-corrected chi connectivity index (χ3v) is 6.44. The van der Waals surface area contributed by atoms with Gasteiger partial charge in [-0.2, -0.15) is 0 Å². The van der Waals surface area contributed by atoms with E-state index in [1.54, 1.807) is 0 Å². The number of allylic oxidation sites excluding steroid dienone is 1. The SMILES string of the molecule is C=CCCCCC[C@H](NC(=O)OC(C)(C)C)C(=O)ON(C1CCCCC1)C1CCCCC1. The van der Waals surface area contributed by atoms with E-state index in [9.17, 15) is 9.59 Å². The van der Waals surface area contributed by atoms with Crippen LogP contribution in [0.4, 0.5) is 4.79 Å². The van der Waals surface area contributed by atoms with Gasteiger partial charge in [-0.1, -0.05) is 57.4 Å². The van der Waals surface area contributed by atoms with E-state index in [-0.39, 0.29) is 5.97 Å². The van der Waals surface area contributed by atoms with Crippen LogP contribution in [0.15, 0.2) is 12.7 Å². The molecular formula is C26H46N2O4. The van der Waals surface area contributed by atoms with Crippen molar-refractivity contribution in [1.29, 1.82) is 0 Å². The first-order chi connectivity index (χ1) is 15.3. The van der Waals surface area contributed by atoms with Gasteiger partial charge in [-0.3, -0.25) is 0 Å². The predicted molar refractivity (Wildman–Crippen MR) is 128 cm³/mol. The summed E-state index contributed by atoms with van der Waals surface area (Å²) in [4.78, 5) is 31.8. The fraction of sp³-hybridized carbons (Fsp3) is 0.846. The van der Waals surface area contributed by atoms with E-state index >= 15 is 0 Å². The van der Waals surface area contributed by atoms with Gasteiger partial charge in [0.2, 0.25) is 0 Å². The molecule has 2 aliphatic carbocycles. The highest BCUT2D eigenvalue weighted by Crippen LogP contribution is 2.30. The third kappa shape index (κ3) is 9.93. The number of carbonyl (C=O) groups is 2. The van der Waals surface area contributed by atoms with Gasteiger partial charge in [0.1, 0.15) is 11.6 Å². The molecule has 0 aromatic rings. The number of amides is 1. The molecule has 184 valence electrons. The number of rotatable bonds is 11. The molecule has 1 amide bonds. The molecule has 6 nitrogen and oxygen atoms in total. The van der Waals surface area contributed by atoms with Gasteiger partial charge in [0.05, 0.1) is 0 Å². The summed E-state index contributed by atoms with van der Waals surface area (Å²) in [7, 11) is 0. The van der Waals surface area contributed by atoms with Crippen LogP contribution in [-0.4, -0.2) is 40.9 Å². The molecule has 0 bridgehead atoms. The normalized spacial score (nSPS) is 19.4. The van der Waals surface area contributed by atoms with Crippen LogP contribution in [0.5, 0.6) is 0 Å². The number of nitrogens with zero attached hydrogens (tertiary/aromatic N) is 1. The molecule has 32 heavy (non-hydrogen) atoms. The minimum Gasteiger partial charge on any atom is -0.444 e. The van der Waals surface area contributed by atoms with Crippen molar-refractivity contribution in [2.75, 3.05) is 0 Å². The highest BCUT2D eigenvalue weighted by atomic mass is 16.7. The molecular weight excluding hydrogens is 404 g/mol. The van der Waals surface area contributed by atoms with Crippen LogP contribution < -0.4 is 5.32 Å². The van der Waals surface area contributed by atoms with Gasteiger partial charge in [0.25, 0.3) is 0 Å². The lowest BCUT2D eigenvalue weighted by molar-refractivity contribution is -0.225. The Hall–Kier alpha value is -1.56. The molecule has 2 aliphatic rings. The van der Waals surface area contributed by atoms with E-state index in [0.717, 1.165) is 51.4 Å². The van der Waals surface area contributed by atoms with Gasteiger partial charge in [0.15, 0.2) is 0 Å². The molecule has 2 fully saturated rings. The largest absolute Gasteiger partial charge is 0.444 e. The molecule has 0 aliphatic heterocycles. The summed E-state index contributed by atoms with van der Waals surface area (Å²) in [6.45, 7) is 9.23. The van der Waals surface area contributed by atoms with Crippen molar-refractivity contribution in [3.8, 4) is 0 Å². The number of hydroxylamine groups is 2. The Morgan fingerprint density at radius 1 is 0.969 bits per heavy atom. The number of hydrogen-bond acceptors (Lipinski definition) is 5. The summed E-state index contributed by atoms with van der Waals surface area (Å²) in [5, 5.41) is 4.82. The zero-order valence-corrected chi connectivity index (χ0v) is 20.7. The summed E-state index contributed by atoms with van der Waals surface area (Å²) in [5.41, 5.74) is -0.612. The molecule has 0 radical (unpaired) electrons. The Bertz CT molecular complexity index is 557. The van der Waals surface area contributed by atoms with E-state index in [0.29, 0.717) is 18.5 Å². The standard InChI is InChI=1S/C26H46N2O4/c1-5-6-7-8-15-20-23(27-25(30)31-26(2,3)4)24(29)32-28(21-16-11-9-12-17-21)22-18-13-10-14-19-22/h5,21-23H,1,6-20H2,2-4H3,(H,27,30)/t23-/m0/s1. The van der Waals surface area contributed by atoms with E-state index in [2.05, 4.69) is 11.9 Å². The quantitative estimate of drug-likeness (QED) is 0.223. The smallest absolute Gasteiger partial charge is 0.408 e. The van der Waals surface area contributed by atoms with E-state index < -0.39 is 17.7 Å². The number of ether oxygens (including phenoxy) is 1. The maximum Gasteiger partial charge on any atom is 0.408 e. The highest BCUT2D eigenvalue weighted by molar-refractivity contribution is 5.81. The Morgan fingerprint density at radius 2 is 1.53 bits per heavy atom. The Kier molecular flexibility index (Phi) is 11.6. The lowest BCUT2D eigenvalue weighted by atomic mass is 9.90. The van der Waals surface area contributed by atoms with Crippen molar-refractivity contribution in [3.63, 3.8) is 0 Å². The van der Waals surface area contributed by atoms with Gasteiger partial charge in [-0.25, -0.2) is 9.59 Å². The topological polar surface area (TPSA) is 67.9 Å². The molecule has 0 aromatic carbocycles. The summed E-state index contributed by atoms with van der Waals surface area (Å²) in [5.74, 6) is -0.351. The molecule has 0 heterocycles. The molecule has 0 unspecified atom stereocenters. The van der Waals surface area contributed by atoms with Gasteiger partial charge in [-0.15, -0.1) is 11.6 Å². The average Bonchev–Trinajstić information content (AvgIpc) is 2.76. The van der Waals surface area contributed by atoms with Crippen molar-refractivity contribution in [2.45, 2.75) is 141 Å². The van der Waals surface area contributed by atoms with Gasteiger partial charge >= 0.3 is 12.1 Å². The van der Waals surface area contributed by atoms with Crippen LogP contribution >= 0.6 is 0 Å². The number of carbonyl (C=O) groups excluding carboxylic acids is 2. The summed E-state index contributed by atoms with van der Waals surface area (Å²) in [6.07, 6.45) is 17.3. The fourth-order valence-corrected chi connectivity index (χ4v) is 4.80. The van der Waals surface area contributed by atoms with Crippen molar-refractivity contribution < 1.29 is 19.2 Å². The maximum absolute atomic E-state index is 13.3. The van der Waals surface area contributed by atoms with Crippen molar-refractivity contribution >= 4 is 12.1 Å². The molecule has 0 aromatic heterocycles. The number of hydrogen-bond donors (Lipinski definition) is 1. The third-order valence-electron chi connectivity index (χ3n) is 6.44. The van der Waals surface area contributed by atoms with Crippen molar-refractivity contribution in [1.82, 2.24) is 10.4 Å². The van der Waals surface area contributed by atoms with Gasteiger partial charge in [0, 0.05) is 12.1 Å². The second-order valence-electron chi connectivity index (χ2n) is 10.5. The van der Waals surface area contributed by atoms with Crippen LogP contribution in [0.2, 0.25) is 0 Å².